The SMILES string of the molecule is C/C=C(\C=C/CN(C)CC(C)=O)N1CCc2c(C(F)(F)F)nn(-c3ccc(OC)cc3)c2C1=O.CC.CNC(C)(C)C. The Morgan fingerprint density at radius 1 is 1.17 bits per heavy atom. The van der Waals surface area contributed by atoms with E-state index in [1.807, 2.05) is 31.9 Å². The summed E-state index contributed by atoms with van der Waals surface area (Å²) in [5.41, 5.74) is -0.0841. The third-order valence-corrected chi connectivity index (χ3v) is 6.16. The highest BCUT2D eigenvalue weighted by molar-refractivity contribution is 5.97. The number of carbonyl (C=O) groups is 2. The van der Waals surface area contributed by atoms with Gasteiger partial charge in [-0.1, -0.05) is 26.0 Å². The number of benzene rings is 1. The molecule has 0 atom stereocenters. The molecule has 2 heterocycles. The Kier molecular flexibility index (Phi) is 14.2. The number of ether oxygens (including phenoxy) is 1. The minimum Gasteiger partial charge on any atom is -0.497 e. The molecular formula is C31H46F3N5O3. The Morgan fingerprint density at radius 2 is 1.74 bits per heavy atom. The summed E-state index contributed by atoms with van der Waals surface area (Å²) in [7, 11) is 5.24. The molecule has 1 N–H and O–H groups in total. The van der Waals surface area contributed by atoms with Gasteiger partial charge in [0.15, 0.2) is 5.69 Å². The maximum atomic E-state index is 13.7. The molecule has 0 spiro atoms. The van der Waals surface area contributed by atoms with Gasteiger partial charge in [-0.05, 0) is 85.5 Å². The Bertz CT molecular complexity index is 1230. The number of fused-ring (bicyclic) bond motifs is 1. The van der Waals surface area contributed by atoms with Crippen molar-refractivity contribution in [3.05, 3.63) is 65.1 Å². The van der Waals surface area contributed by atoms with Crippen molar-refractivity contribution < 1.29 is 27.5 Å². The van der Waals surface area contributed by atoms with Gasteiger partial charge in [0.2, 0.25) is 0 Å². The molecule has 1 aromatic heterocycles. The van der Waals surface area contributed by atoms with Crippen LogP contribution in [-0.2, 0) is 17.4 Å². The Hall–Kier alpha value is -3.44. The molecule has 0 radical (unpaired) electrons. The van der Waals surface area contributed by atoms with Gasteiger partial charge >= 0.3 is 6.18 Å². The van der Waals surface area contributed by atoms with E-state index in [1.165, 1.54) is 18.9 Å². The standard InChI is InChI=1S/C24H27F3N4O3.C5H13N.C2H6/c1-5-17(7-6-13-29(3)15-16(2)32)30-14-12-20-21(23(30)33)31(28-22(20)24(25,26)27)18-8-10-19(34-4)11-9-18;1-5(2,3)6-4;1-2/h5-11H,12-15H2,1-4H3;6H,1-4H3;1-2H3/b7-6-,17-5+;;. The van der Waals surface area contributed by atoms with Crippen molar-refractivity contribution in [1.29, 1.82) is 0 Å². The molecule has 0 aliphatic carbocycles. The molecule has 8 nitrogen and oxygen atoms in total. The third-order valence-electron chi connectivity index (χ3n) is 6.16. The average molecular weight is 594 g/mol. The summed E-state index contributed by atoms with van der Waals surface area (Å²) in [6.45, 7) is 14.5. The number of nitrogens with zero attached hydrogens (tertiary/aromatic N) is 4. The predicted molar refractivity (Wildman–Crippen MR) is 161 cm³/mol. The minimum absolute atomic E-state index is 0.0154. The number of ketones is 1. The van der Waals surface area contributed by atoms with Crippen molar-refractivity contribution in [2.75, 3.05) is 40.8 Å². The number of Topliss-reactive ketones (excluding diaryl/α,β-unsaturated/α-hetero) is 1. The van der Waals surface area contributed by atoms with Crippen molar-refractivity contribution in [3.63, 3.8) is 0 Å². The number of hydrogen-bond donors (Lipinski definition) is 1. The van der Waals surface area contributed by atoms with Crippen molar-refractivity contribution in [2.45, 2.75) is 66.6 Å². The zero-order valence-electron chi connectivity index (χ0n) is 26.5. The molecule has 0 fully saturated rings. The summed E-state index contributed by atoms with van der Waals surface area (Å²) in [6.07, 6.45) is 0.598. The number of amides is 1. The first-order valence-electron chi connectivity index (χ1n) is 14.0. The van der Waals surface area contributed by atoms with Crippen LogP contribution in [0.1, 0.15) is 70.2 Å². The fourth-order valence-electron chi connectivity index (χ4n) is 3.88. The topological polar surface area (TPSA) is 79.7 Å². The molecule has 1 aromatic carbocycles. The molecule has 3 rings (SSSR count). The van der Waals surface area contributed by atoms with E-state index in [1.54, 1.807) is 50.4 Å². The molecular weight excluding hydrogens is 547 g/mol. The number of allylic oxidation sites excluding steroid dienone is 2. The number of likely N-dealkylation sites (N-methyl/N-ethyl adjacent to an activating group) is 1. The van der Waals surface area contributed by atoms with Gasteiger partial charge in [0.1, 0.15) is 17.2 Å². The zero-order valence-corrected chi connectivity index (χ0v) is 26.5. The molecule has 11 heteroatoms. The van der Waals surface area contributed by atoms with Gasteiger partial charge < -0.3 is 15.0 Å². The number of rotatable bonds is 8. The van der Waals surface area contributed by atoms with Gasteiger partial charge in [0.25, 0.3) is 5.91 Å². The van der Waals surface area contributed by atoms with E-state index < -0.39 is 17.8 Å². The van der Waals surface area contributed by atoms with E-state index in [-0.39, 0.29) is 30.0 Å². The maximum Gasteiger partial charge on any atom is 0.435 e. The molecule has 0 unspecified atom stereocenters. The van der Waals surface area contributed by atoms with E-state index >= 15 is 0 Å². The van der Waals surface area contributed by atoms with Crippen molar-refractivity contribution in [3.8, 4) is 11.4 Å². The van der Waals surface area contributed by atoms with Gasteiger partial charge in [-0.3, -0.25) is 14.5 Å². The summed E-state index contributed by atoms with van der Waals surface area (Å²) in [6, 6.07) is 6.30. The number of halogens is 3. The molecule has 0 bridgehead atoms. The van der Waals surface area contributed by atoms with Crippen LogP contribution in [0.2, 0.25) is 0 Å². The monoisotopic (exact) mass is 593 g/mol. The highest BCUT2D eigenvalue weighted by Crippen LogP contribution is 2.37. The van der Waals surface area contributed by atoms with Crippen LogP contribution >= 0.6 is 0 Å². The van der Waals surface area contributed by atoms with Crippen LogP contribution in [0.5, 0.6) is 5.75 Å². The molecule has 1 aliphatic rings. The van der Waals surface area contributed by atoms with Crippen LogP contribution in [0.4, 0.5) is 13.2 Å². The fourth-order valence-corrected chi connectivity index (χ4v) is 3.88. The van der Waals surface area contributed by atoms with Crippen LogP contribution < -0.4 is 10.1 Å². The number of carbonyl (C=O) groups excluding carboxylic acids is 2. The normalized spacial score (nSPS) is 13.8. The van der Waals surface area contributed by atoms with E-state index in [4.69, 9.17) is 4.74 Å². The summed E-state index contributed by atoms with van der Waals surface area (Å²) >= 11 is 0. The van der Waals surface area contributed by atoms with Gasteiger partial charge in [0.05, 0.1) is 19.3 Å². The summed E-state index contributed by atoms with van der Waals surface area (Å²) < 4.78 is 47.4. The second-order valence-corrected chi connectivity index (χ2v) is 10.5. The van der Waals surface area contributed by atoms with Gasteiger partial charge in [-0.25, -0.2) is 4.68 Å². The Balaban J connectivity index is 0.000000979. The lowest BCUT2D eigenvalue weighted by Crippen LogP contribution is -2.38. The lowest BCUT2D eigenvalue weighted by atomic mass is 10.0. The first-order chi connectivity index (χ1) is 19.6. The lowest BCUT2D eigenvalue weighted by Gasteiger charge is -2.28. The first-order valence-corrected chi connectivity index (χ1v) is 14.0. The van der Waals surface area contributed by atoms with Crippen molar-refractivity contribution in [2.24, 2.45) is 0 Å². The number of alkyl halides is 3. The van der Waals surface area contributed by atoms with Gasteiger partial charge in [-0.2, -0.15) is 18.3 Å². The quantitative estimate of drug-likeness (QED) is 0.384. The number of aromatic nitrogens is 2. The Labute approximate surface area is 248 Å². The Morgan fingerprint density at radius 3 is 2.19 bits per heavy atom. The molecule has 234 valence electrons. The maximum absolute atomic E-state index is 13.7. The largest absolute Gasteiger partial charge is 0.497 e. The van der Waals surface area contributed by atoms with Crippen LogP contribution in [0.3, 0.4) is 0 Å². The van der Waals surface area contributed by atoms with Crippen molar-refractivity contribution >= 4 is 11.7 Å². The molecule has 2 aromatic rings. The average Bonchev–Trinajstić information content (AvgIpc) is 3.34. The first kappa shape index (κ1) is 36.6. The molecule has 1 aliphatic heterocycles. The van der Waals surface area contributed by atoms with Crippen LogP contribution in [0.25, 0.3) is 5.69 Å². The van der Waals surface area contributed by atoms with Crippen LogP contribution in [-0.4, -0.2) is 77.6 Å². The third kappa shape index (κ3) is 10.4. The second kappa shape index (κ2) is 16.3. The highest BCUT2D eigenvalue weighted by atomic mass is 19.4. The fraction of sp³-hybridized carbons (Fsp3) is 0.516. The molecule has 1 amide bonds. The van der Waals surface area contributed by atoms with Gasteiger partial charge in [-0.15, -0.1) is 0 Å². The smallest absolute Gasteiger partial charge is 0.435 e. The van der Waals surface area contributed by atoms with Gasteiger partial charge in [0, 0.05) is 29.9 Å². The number of methoxy groups -OCH3 is 1. The van der Waals surface area contributed by atoms with Crippen LogP contribution in [0.15, 0.2) is 48.2 Å². The van der Waals surface area contributed by atoms with E-state index in [0.717, 1.165) is 4.68 Å². The zero-order chi connectivity index (χ0) is 32.3. The van der Waals surface area contributed by atoms with Crippen LogP contribution in [0, 0.1) is 0 Å². The second-order valence-electron chi connectivity index (χ2n) is 10.5. The lowest BCUT2D eigenvalue weighted by molar-refractivity contribution is -0.142. The minimum atomic E-state index is -4.69. The number of hydrogen-bond acceptors (Lipinski definition) is 6. The summed E-state index contributed by atoms with van der Waals surface area (Å²) in [5.74, 6) is 0.00733. The summed E-state index contributed by atoms with van der Waals surface area (Å²) in [4.78, 5) is 28.0. The predicted octanol–water partition coefficient (Wildman–Crippen LogP) is 5.91. The highest BCUT2D eigenvalue weighted by Gasteiger charge is 2.43. The molecule has 0 saturated heterocycles. The van der Waals surface area contributed by atoms with E-state index in [2.05, 4.69) is 31.2 Å². The van der Waals surface area contributed by atoms with E-state index in [9.17, 15) is 22.8 Å². The molecule has 42 heavy (non-hydrogen) atoms. The van der Waals surface area contributed by atoms with Crippen molar-refractivity contribution in [1.82, 2.24) is 24.9 Å². The van der Waals surface area contributed by atoms with E-state index in [0.29, 0.717) is 35.8 Å². The number of nitrogens with one attached hydrogen (secondary N) is 1. The molecule has 0 saturated carbocycles. The summed E-state index contributed by atoms with van der Waals surface area (Å²) in [5, 5.41) is 6.90.